The maximum Gasteiger partial charge on any atom is 0.261 e. The fourth-order valence-corrected chi connectivity index (χ4v) is 2.55. The normalized spacial score (nSPS) is 11.3. The molecule has 0 saturated heterocycles. The predicted molar refractivity (Wildman–Crippen MR) is 70.1 cm³/mol. The van der Waals surface area contributed by atoms with Crippen LogP contribution in [0.2, 0.25) is 0 Å². The Balaban J connectivity index is 2.30. The van der Waals surface area contributed by atoms with Gasteiger partial charge in [-0.05, 0) is 48.9 Å². The first kappa shape index (κ1) is 13.4. The number of benzene rings is 2. The van der Waals surface area contributed by atoms with Gasteiger partial charge in [0.15, 0.2) is 0 Å². The lowest BCUT2D eigenvalue weighted by molar-refractivity contribution is 0.475. The van der Waals surface area contributed by atoms with Crippen molar-refractivity contribution in [1.82, 2.24) is 0 Å². The lowest BCUT2D eigenvalue weighted by atomic mass is 10.2. The summed E-state index contributed by atoms with van der Waals surface area (Å²) in [7, 11) is -3.79. The van der Waals surface area contributed by atoms with E-state index in [1.54, 1.807) is 6.92 Å². The summed E-state index contributed by atoms with van der Waals surface area (Å²) in [5.41, 5.74) is 0.587. The molecule has 2 aromatic rings. The fraction of sp³-hybridized carbons (Fsp3) is 0.0769. The van der Waals surface area contributed by atoms with Crippen molar-refractivity contribution in [3.05, 3.63) is 53.8 Å². The van der Waals surface area contributed by atoms with E-state index in [4.69, 9.17) is 5.11 Å². The molecule has 0 radical (unpaired) electrons. The average molecular weight is 281 g/mol. The van der Waals surface area contributed by atoms with Crippen LogP contribution in [0.1, 0.15) is 5.56 Å². The summed E-state index contributed by atoms with van der Waals surface area (Å²) in [5, 5.41) is 9.11. The molecule has 2 rings (SSSR count). The molecule has 0 saturated carbocycles. The molecule has 0 heterocycles. The first-order chi connectivity index (χ1) is 8.88. The first-order valence-corrected chi connectivity index (χ1v) is 6.95. The maximum absolute atomic E-state index is 13.3. The summed E-state index contributed by atoms with van der Waals surface area (Å²) in [5.74, 6) is -0.508. The third-order valence-corrected chi connectivity index (χ3v) is 3.97. The minimum absolute atomic E-state index is 0.00807. The fourth-order valence-electron chi connectivity index (χ4n) is 1.50. The molecule has 0 bridgehead atoms. The number of anilines is 1. The Morgan fingerprint density at radius 1 is 1.11 bits per heavy atom. The molecule has 100 valence electrons. The molecule has 0 aliphatic carbocycles. The van der Waals surface area contributed by atoms with E-state index in [1.807, 2.05) is 0 Å². The SMILES string of the molecule is Cc1ccc(NS(=O)(=O)c2ccc(O)cc2)cc1F. The molecule has 0 unspecified atom stereocenters. The number of nitrogens with one attached hydrogen (secondary N) is 1. The Hall–Kier alpha value is -2.08. The van der Waals surface area contributed by atoms with Crippen molar-refractivity contribution >= 4 is 15.7 Å². The molecule has 0 fully saturated rings. The summed E-state index contributed by atoms with van der Waals surface area (Å²) in [4.78, 5) is -0.00807. The molecule has 2 N–H and O–H groups in total. The molecule has 4 nitrogen and oxygen atoms in total. The molecule has 0 aromatic heterocycles. The van der Waals surface area contributed by atoms with Crippen molar-refractivity contribution in [2.75, 3.05) is 4.72 Å². The van der Waals surface area contributed by atoms with Gasteiger partial charge in [0.2, 0.25) is 0 Å². The van der Waals surface area contributed by atoms with Gasteiger partial charge in [0, 0.05) is 0 Å². The van der Waals surface area contributed by atoms with Crippen molar-refractivity contribution in [2.45, 2.75) is 11.8 Å². The molecular formula is C13H12FNO3S. The molecule has 0 aliphatic heterocycles. The molecule has 0 spiro atoms. The van der Waals surface area contributed by atoms with E-state index in [9.17, 15) is 12.8 Å². The van der Waals surface area contributed by atoms with E-state index >= 15 is 0 Å². The van der Waals surface area contributed by atoms with E-state index in [2.05, 4.69) is 4.72 Å². The minimum atomic E-state index is -3.79. The van der Waals surface area contributed by atoms with Crippen LogP contribution in [0, 0.1) is 12.7 Å². The zero-order valence-electron chi connectivity index (χ0n) is 10.1. The zero-order chi connectivity index (χ0) is 14.0. The number of phenols is 1. The number of halogens is 1. The van der Waals surface area contributed by atoms with Crippen LogP contribution in [0.3, 0.4) is 0 Å². The summed E-state index contributed by atoms with van der Waals surface area (Å²) >= 11 is 0. The number of rotatable bonds is 3. The Morgan fingerprint density at radius 2 is 1.74 bits per heavy atom. The van der Waals surface area contributed by atoms with E-state index in [1.165, 1.54) is 36.4 Å². The third-order valence-electron chi connectivity index (χ3n) is 2.57. The minimum Gasteiger partial charge on any atom is -0.508 e. The van der Waals surface area contributed by atoms with Gasteiger partial charge >= 0.3 is 0 Å². The largest absolute Gasteiger partial charge is 0.508 e. The number of phenolic OH excluding ortho intramolecular Hbond substituents is 1. The second-order valence-electron chi connectivity index (χ2n) is 4.06. The van der Waals surface area contributed by atoms with Crippen LogP contribution in [0.5, 0.6) is 5.75 Å². The van der Waals surface area contributed by atoms with E-state index < -0.39 is 15.8 Å². The van der Waals surface area contributed by atoms with Gasteiger partial charge in [0.25, 0.3) is 10.0 Å². The summed E-state index contributed by atoms with van der Waals surface area (Å²) in [6, 6.07) is 9.16. The lowest BCUT2D eigenvalue weighted by Gasteiger charge is -2.08. The molecule has 19 heavy (non-hydrogen) atoms. The standard InChI is InChI=1S/C13H12FNO3S/c1-9-2-3-10(8-13(9)14)15-19(17,18)12-6-4-11(16)5-7-12/h2-8,15-16H,1H3. The van der Waals surface area contributed by atoms with Crippen molar-refractivity contribution in [2.24, 2.45) is 0 Å². The van der Waals surface area contributed by atoms with Crippen LogP contribution in [0.15, 0.2) is 47.4 Å². The van der Waals surface area contributed by atoms with Crippen molar-refractivity contribution in [1.29, 1.82) is 0 Å². The van der Waals surface area contributed by atoms with E-state index in [0.29, 0.717) is 5.56 Å². The van der Waals surface area contributed by atoms with Crippen molar-refractivity contribution < 1.29 is 17.9 Å². The van der Waals surface area contributed by atoms with Gasteiger partial charge < -0.3 is 5.11 Å². The number of sulfonamides is 1. The van der Waals surface area contributed by atoms with Crippen molar-refractivity contribution in [3.8, 4) is 5.75 Å². The number of aryl methyl sites for hydroxylation is 1. The van der Waals surface area contributed by atoms with Gasteiger partial charge in [-0.15, -0.1) is 0 Å². The highest BCUT2D eigenvalue weighted by Crippen LogP contribution is 2.20. The van der Waals surface area contributed by atoms with E-state index in [0.717, 1.165) is 6.07 Å². The quantitative estimate of drug-likeness (QED) is 0.909. The lowest BCUT2D eigenvalue weighted by Crippen LogP contribution is -2.13. The van der Waals surface area contributed by atoms with Gasteiger partial charge in [-0.1, -0.05) is 6.07 Å². The Kier molecular flexibility index (Phi) is 3.44. The number of hydrogen-bond acceptors (Lipinski definition) is 3. The van der Waals surface area contributed by atoms with Gasteiger partial charge in [-0.3, -0.25) is 4.72 Å². The monoisotopic (exact) mass is 281 g/mol. The first-order valence-electron chi connectivity index (χ1n) is 5.46. The van der Waals surface area contributed by atoms with Crippen LogP contribution in [-0.4, -0.2) is 13.5 Å². The molecule has 2 aromatic carbocycles. The Labute approximate surface area is 110 Å². The smallest absolute Gasteiger partial charge is 0.261 e. The molecule has 0 aliphatic rings. The second kappa shape index (κ2) is 4.89. The summed E-state index contributed by atoms with van der Waals surface area (Å²) in [6.07, 6.45) is 0. The van der Waals surface area contributed by atoms with Gasteiger partial charge in [0.05, 0.1) is 10.6 Å². The highest BCUT2D eigenvalue weighted by atomic mass is 32.2. The Bertz CT molecular complexity index is 696. The average Bonchev–Trinajstić information content (AvgIpc) is 2.34. The van der Waals surface area contributed by atoms with Gasteiger partial charge in [0.1, 0.15) is 11.6 Å². The van der Waals surface area contributed by atoms with Crippen LogP contribution < -0.4 is 4.72 Å². The number of hydrogen-bond donors (Lipinski definition) is 2. The van der Waals surface area contributed by atoms with Gasteiger partial charge in [-0.2, -0.15) is 0 Å². The van der Waals surface area contributed by atoms with Crippen LogP contribution in [0.4, 0.5) is 10.1 Å². The second-order valence-corrected chi connectivity index (χ2v) is 5.75. The topological polar surface area (TPSA) is 66.4 Å². The van der Waals surface area contributed by atoms with E-state index in [-0.39, 0.29) is 16.3 Å². The van der Waals surface area contributed by atoms with Crippen LogP contribution >= 0.6 is 0 Å². The summed E-state index contributed by atoms with van der Waals surface area (Å²) in [6.45, 7) is 1.59. The molecule has 0 atom stereocenters. The maximum atomic E-state index is 13.3. The van der Waals surface area contributed by atoms with Crippen molar-refractivity contribution in [3.63, 3.8) is 0 Å². The zero-order valence-corrected chi connectivity index (χ0v) is 10.9. The molecule has 0 amide bonds. The van der Waals surface area contributed by atoms with Crippen LogP contribution in [-0.2, 0) is 10.0 Å². The predicted octanol–water partition coefficient (Wildman–Crippen LogP) is 2.64. The van der Waals surface area contributed by atoms with Gasteiger partial charge in [-0.25, -0.2) is 12.8 Å². The molecular weight excluding hydrogens is 269 g/mol. The highest BCUT2D eigenvalue weighted by Gasteiger charge is 2.14. The van der Waals surface area contributed by atoms with Crippen LogP contribution in [0.25, 0.3) is 0 Å². The summed E-state index contributed by atoms with van der Waals surface area (Å²) < 4.78 is 39.6. The Morgan fingerprint density at radius 3 is 2.32 bits per heavy atom. The number of aromatic hydroxyl groups is 1. The highest BCUT2D eigenvalue weighted by molar-refractivity contribution is 7.92. The molecule has 6 heteroatoms. The third kappa shape index (κ3) is 3.03.